The molecule has 0 saturated carbocycles. The van der Waals surface area contributed by atoms with Crippen LogP contribution in [0.15, 0.2) is 18.2 Å². The SMILES string of the molecule is COc1ccc(CN2CCC(O)C(C)C2)cc1C#N. The Balaban J connectivity index is 2.06. The number of likely N-dealkylation sites (tertiary alicyclic amines) is 1. The minimum atomic E-state index is -0.179. The first-order valence-electron chi connectivity index (χ1n) is 6.61. The molecule has 1 aliphatic rings. The molecule has 1 aromatic rings. The van der Waals surface area contributed by atoms with E-state index in [9.17, 15) is 5.11 Å². The number of methoxy groups -OCH3 is 1. The number of nitrogens with zero attached hydrogens (tertiary/aromatic N) is 2. The van der Waals surface area contributed by atoms with Crippen LogP contribution in [0.3, 0.4) is 0 Å². The summed E-state index contributed by atoms with van der Waals surface area (Å²) >= 11 is 0. The van der Waals surface area contributed by atoms with E-state index in [4.69, 9.17) is 10.00 Å². The van der Waals surface area contributed by atoms with Gasteiger partial charge in [0.1, 0.15) is 11.8 Å². The smallest absolute Gasteiger partial charge is 0.136 e. The minimum Gasteiger partial charge on any atom is -0.495 e. The first kappa shape index (κ1) is 13.9. The van der Waals surface area contributed by atoms with E-state index in [1.807, 2.05) is 18.2 Å². The van der Waals surface area contributed by atoms with Crippen LogP contribution in [-0.2, 0) is 6.54 Å². The summed E-state index contributed by atoms with van der Waals surface area (Å²) in [7, 11) is 1.57. The molecule has 0 amide bonds. The second kappa shape index (κ2) is 6.05. The van der Waals surface area contributed by atoms with Crippen LogP contribution in [0, 0.1) is 17.2 Å². The summed E-state index contributed by atoms with van der Waals surface area (Å²) in [6, 6.07) is 7.88. The van der Waals surface area contributed by atoms with Gasteiger partial charge in [0.2, 0.25) is 0 Å². The Hall–Kier alpha value is -1.57. The molecule has 0 radical (unpaired) electrons. The Morgan fingerprint density at radius 3 is 2.95 bits per heavy atom. The van der Waals surface area contributed by atoms with Gasteiger partial charge in [-0.15, -0.1) is 0 Å². The lowest BCUT2D eigenvalue weighted by Crippen LogP contribution is -2.41. The van der Waals surface area contributed by atoms with Gasteiger partial charge in [-0.25, -0.2) is 0 Å². The van der Waals surface area contributed by atoms with Gasteiger partial charge in [-0.05, 0) is 30.0 Å². The van der Waals surface area contributed by atoms with Crippen LogP contribution in [0.1, 0.15) is 24.5 Å². The maximum Gasteiger partial charge on any atom is 0.136 e. The highest BCUT2D eigenvalue weighted by Gasteiger charge is 2.24. The summed E-state index contributed by atoms with van der Waals surface area (Å²) in [5.74, 6) is 0.927. The van der Waals surface area contributed by atoms with Crippen molar-refractivity contribution in [1.82, 2.24) is 4.90 Å². The number of hydrogen-bond donors (Lipinski definition) is 1. The van der Waals surface area contributed by atoms with Crippen molar-refractivity contribution in [2.24, 2.45) is 5.92 Å². The molecule has 0 aliphatic carbocycles. The zero-order chi connectivity index (χ0) is 13.8. The molecular weight excluding hydrogens is 240 g/mol. The molecule has 4 nitrogen and oxygen atoms in total. The van der Waals surface area contributed by atoms with E-state index in [0.29, 0.717) is 17.2 Å². The van der Waals surface area contributed by atoms with Crippen LogP contribution < -0.4 is 4.74 Å². The number of hydrogen-bond acceptors (Lipinski definition) is 4. The van der Waals surface area contributed by atoms with Gasteiger partial charge in [0.25, 0.3) is 0 Å². The Kier molecular flexibility index (Phi) is 4.41. The predicted octanol–water partition coefficient (Wildman–Crippen LogP) is 1.77. The molecule has 0 aromatic heterocycles. The number of rotatable bonds is 3. The van der Waals surface area contributed by atoms with Gasteiger partial charge in [0.05, 0.1) is 18.8 Å². The van der Waals surface area contributed by atoms with Gasteiger partial charge in [-0.3, -0.25) is 4.90 Å². The average molecular weight is 260 g/mol. The number of ether oxygens (including phenoxy) is 1. The van der Waals surface area contributed by atoms with E-state index in [0.717, 1.165) is 31.6 Å². The molecule has 4 heteroatoms. The highest BCUT2D eigenvalue weighted by Crippen LogP contribution is 2.22. The molecule has 1 fully saturated rings. The van der Waals surface area contributed by atoms with Crippen molar-refractivity contribution in [2.75, 3.05) is 20.2 Å². The zero-order valence-corrected chi connectivity index (χ0v) is 11.5. The lowest BCUT2D eigenvalue weighted by atomic mass is 9.96. The largest absolute Gasteiger partial charge is 0.495 e. The summed E-state index contributed by atoms with van der Waals surface area (Å²) in [6.07, 6.45) is 0.643. The number of aliphatic hydroxyl groups is 1. The topological polar surface area (TPSA) is 56.5 Å². The fourth-order valence-corrected chi connectivity index (χ4v) is 2.56. The van der Waals surface area contributed by atoms with Crippen molar-refractivity contribution < 1.29 is 9.84 Å². The number of benzene rings is 1. The lowest BCUT2D eigenvalue weighted by molar-refractivity contribution is 0.0320. The first-order chi connectivity index (χ1) is 9.13. The van der Waals surface area contributed by atoms with Crippen LogP contribution in [-0.4, -0.2) is 36.3 Å². The first-order valence-corrected chi connectivity index (χ1v) is 6.61. The summed E-state index contributed by atoms with van der Waals surface area (Å²) in [6.45, 7) is 4.69. The summed E-state index contributed by atoms with van der Waals surface area (Å²) in [4.78, 5) is 2.32. The van der Waals surface area contributed by atoms with Crippen molar-refractivity contribution in [3.63, 3.8) is 0 Å². The second-order valence-electron chi connectivity index (χ2n) is 5.21. The average Bonchev–Trinajstić information content (AvgIpc) is 2.43. The molecule has 2 unspecified atom stereocenters. The van der Waals surface area contributed by atoms with Crippen molar-refractivity contribution >= 4 is 0 Å². The maximum atomic E-state index is 9.73. The minimum absolute atomic E-state index is 0.179. The Bertz CT molecular complexity index is 482. The molecular formula is C15H20N2O2. The summed E-state index contributed by atoms with van der Waals surface area (Å²) in [5.41, 5.74) is 1.69. The quantitative estimate of drug-likeness (QED) is 0.900. The summed E-state index contributed by atoms with van der Waals surface area (Å²) < 4.78 is 5.14. The molecule has 1 saturated heterocycles. The van der Waals surface area contributed by atoms with E-state index in [1.165, 1.54) is 0 Å². The second-order valence-corrected chi connectivity index (χ2v) is 5.21. The van der Waals surface area contributed by atoms with Gasteiger partial charge in [-0.2, -0.15) is 5.26 Å². The molecule has 102 valence electrons. The molecule has 1 aromatic carbocycles. The van der Waals surface area contributed by atoms with Gasteiger partial charge in [-0.1, -0.05) is 13.0 Å². The van der Waals surface area contributed by atoms with Crippen LogP contribution in [0.2, 0.25) is 0 Å². The van der Waals surface area contributed by atoms with E-state index in [-0.39, 0.29) is 6.10 Å². The monoisotopic (exact) mass is 260 g/mol. The third kappa shape index (κ3) is 3.25. The lowest BCUT2D eigenvalue weighted by Gasteiger charge is -2.34. The van der Waals surface area contributed by atoms with Crippen molar-refractivity contribution in [3.8, 4) is 11.8 Å². The van der Waals surface area contributed by atoms with Crippen molar-refractivity contribution in [1.29, 1.82) is 5.26 Å². The standard InChI is InChI=1S/C15H20N2O2/c1-11-9-17(6-5-14(11)18)10-12-3-4-15(19-2)13(7-12)8-16/h3-4,7,11,14,18H,5-6,9-10H2,1-2H3. The Labute approximate surface area is 114 Å². The van der Waals surface area contributed by atoms with Crippen molar-refractivity contribution in [2.45, 2.75) is 26.0 Å². The molecule has 1 aliphatic heterocycles. The van der Waals surface area contributed by atoms with Gasteiger partial charge in [0, 0.05) is 19.6 Å². The number of piperidine rings is 1. The Morgan fingerprint density at radius 1 is 1.53 bits per heavy atom. The third-order valence-electron chi connectivity index (χ3n) is 3.73. The van der Waals surface area contributed by atoms with Crippen molar-refractivity contribution in [3.05, 3.63) is 29.3 Å². The zero-order valence-electron chi connectivity index (χ0n) is 11.5. The molecule has 2 rings (SSSR count). The van der Waals surface area contributed by atoms with Crippen LogP contribution >= 0.6 is 0 Å². The van der Waals surface area contributed by atoms with Crippen LogP contribution in [0.4, 0.5) is 0 Å². The van der Waals surface area contributed by atoms with E-state index < -0.39 is 0 Å². The Morgan fingerprint density at radius 2 is 2.32 bits per heavy atom. The molecule has 0 spiro atoms. The number of nitriles is 1. The molecule has 1 heterocycles. The van der Waals surface area contributed by atoms with Crippen LogP contribution in [0.5, 0.6) is 5.75 Å². The van der Waals surface area contributed by atoms with Gasteiger partial charge in [0.15, 0.2) is 0 Å². The molecule has 1 N–H and O–H groups in total. The normalized spacial score (nSPS) is 23.9. The predicted molar refractivity (Wildman–Crippen MR) is 72.8 cm³/mol. The molecule has 2 atom stereocenters. The van der Waals surface area contributed by atoms with E-state index >= 15 is 0 Å². The van der Waals surface area contributed by atoms with E-state index in [2.05, 4.69) is 17.9 Å². The molecule has 19 heavy (non-hydrogen) atoms. The van der Waals surface area contributed by atoms with Gasteiger partial charge >= 0.3 is 0 Å². The maximum absolute atomic E-state index is 9.73. The van der Waals surface area contributed by atoms with E-state index in [1.54, 1.807) is 7.11 Å². The number of aliphatic hydroxyl groups excluding tert-OH is 1. The third-order valence-corrected chi connectivity index (χ3v) is 3.73. The van der Waals surface area contributed by atoms with Gasteiger partial charge < -0.3 is 9.84 Å². The van der Waals surface area contributed by atoms with Crippen LogP contribution in [0.25, 0.3) is 0 Å². The molecule has 0 bridgehead atoms. The summed E-state index contributed by atoms with van der Waals surface area (Å²) in [5, 5.41) is 18.8. The highest BCUT2D eigenvalue weighted by atomic mass is 16.5. The fourth-order valence-electron chi connectivity index (χ4n) is 2.56. The highest BCUT2D eigenvalue weighted by molar-refractivity contribution is 5.45. The fraction of sp³-hybridized carbons (Fsp3) is 0.533.